The lowest BCUT2D eigenvalue weighted by molar-refractivity contribution is -0.116. The highest BCUT2D eigenvalue weighted by Crippen LogP contribution is 2.22. The molecule has 0 atom stereocenters. The molecule has 8 heteroatoms. The Morgan fingerprint density at radius 1 is 0.833 bits per heavy atom. The molecular formula is C28H29N3O5. The Hall–Kier alpha value is -4.46. The van der Waals surface area contributed by atoms with Gasteiger partial charge in [-0.15, -0.1) is 0 Å². The highest BCUT2D eigenvalue weighted by Gasteiger charge is 2.14. The van der Waals surface area contributed by atoms with Crippen molar-refractivity contribution in [3.8, 4) is 17.2 Å². The highest BCUT2D eigenvalue weighted by molar-refractivity contribution is 5.92. The summed E-state index contributed by atoms with van der Waals surface area (Å²) >= 11 is 0. The summed E-state index contributed by atoms with van der Waals surface area (Å²) in [5.74, 6) is 1.76. The molecule has 0 saturated heterocycles. The number of hydrogen-bond donors (Lipinski definition) is 2. The zero-order chi connectivity index (χ0) is 25.5. The Morgan fingerprint density at radius 2 is 1.47 bits per heavy atom. The third kappa shape index (κ3) is 5.78. The standard InChI is InChI=1S/C28H29N3O5/c1-4-36-24-13-8-22(9-14-24)30-27(32)18-31-26-16-25(35-3)10-5-19(26)15-20(28(31)33)17-29-21-6-11-23(34-2)12-7-21/h5-16,29H,4,17-18H2,1-3H3,(H,30,32). The quantitative estimate of drug-likeness (QED) is 0.338. The maximum absolute atomic E-state index is 13.5. The summed E-state index contributed by atoms with van der Waals surface area (Å²) in [4.78, 5) is 26.4. The minimum atomic E-state index is -0.314. The first-order valence-electron chi connectivity index (χ1n) is 11.6. The van der Waals surface area contributed by atoms with Gasteiger partial charge in [-0.1, -0.05) is 0 Å². The fraction of sp³-hybridized carbons (Fsp3) is 0.214. The molecule has 3 aromatic carbocycles. The van der Waals surface area contributed by atoms with Crippen molar-refractivity contribution in [3.63, 3.8) is 0 Å². The maximum Gasteiger partial charge on any atom is 0.256 e. The van der Waals surface area contributed by atoms with Gasteiger partial charge in [0.05, 0.1) is 26.3 Å². The first-order valence-corrected chi connectivity index (χ1v) is 11.6. The van der Waals surface area contributed by atoms with Crippen LogP contribution in [0.3, 0.4) is 0 Å². The SMILES string of the molecule is CCOc1ccc(NC(=O)Cn2c(=O)c(CNc3ccc(OC)cc3)cc3ccc(OC)cc32)cc1. The summed E-state index contributed by atoms with van der Waals surface area (Å²) < 4.78 is 17.5. The van der Waals surface area contributed by atoms with Crippen molar-refractivity contribution in [2.24, 2.45) is 0 Å². The van der Waals surface area contributed by atoms with E-state index in [0.717, 1.165) is 22.6 Å². The molecule has 0 aliphatic rings. The lowest BCUT2D eigenvalue weighted by atomic mass is 10.1. The zero-order valence-corrected chi connectivity index (χ0v) is 20.5. The van der Waals surface area contributed by atoms with Crippen LogP contribution in [-0.2, 0) is 17.9 Å². The Labute approximate surface area is 209 Å². The van der Waals surface area contributed by atoms with Crippen LogP contribution in [0.1, 0.15) is 12.5 Å². The fourth-order valence-corrected chi connectivity index (χ4v) is 3.87. The van der Waals surface area contributed by atoms with Crippen LogP contribution in [0.25, 0.3) is 10.9 Å². The van der Waals surface area contributed by atoms with Crippen LogP contribution >= 0.6 is 0 Å². The van der Waals surface area contributed by atoms with Crippen LogP contribution in [0.4, 0.5) is 11.4 Å². The van der Waals surface area contributed by atoms with Crippen molar-refractivity contribution in [1.29, 1.82) is 0 Å². The second-order valence-corrected chi connectivity index (χ2v) is 8.07. The molecule has 0 aliphatic carbocycles. The summed E-state index contributed by atoms with van der Waals surface area (Å²) in [5.41, 5.74) is 2.38. The van der Waals surface area contributed by atoms with E-state index in [1.807, 2.05) is 49.4 Å². The fourth-order valence-electron chi connectivity index (χ4n) is 3.87. The van der Waals surface area contributed by atoms with E-state index < -0.39 is 0 Å². The Bertz CT molecular complexity index is 1400. The van der Waals surface area contributed by atoms with Gasteiger partial charge in [0, 0.05) is 29.5 Å². The van der Waals surface area contributed by atoms with E-state index in [2.05, 4.69) is 10.6 Å². The second kappa shape index (κ2) is 11.3. The van der Waals surface area contributed by atoms with E-state index in [9.17, 15) is 9.59 Å². The number of nitrogens with zero attached hydrogens (tertiary/aromatic N) is 1. The monoisotopic (exact) mass is 487 g/mol. The van der Waals surface area contributed by atoms with Crippen molar-refractivity contribution in [1.82, 2.24) is 4.57 Å². The van der Waals surface area contributed by atoms with Gasteiger partial charge in [-0.2, -0.15) is 0 Å². The van der Waals surface area contributed by atoms with Gasteiger partial charge in [0.2, 0.25) is 5.91 Å². The largest absolute Gasteiger partial charge is 0.497 e. The van der Waals surface area contributed by atoms with Crippen molar-refractivity contribution in [3.05, 3.63) is 88.7 Å². The van der Waals surface area contributed by atoms with Crippen molar-refractivity contribution < 1.29 is 19.0 Å². The predicted molar refractivity (Wildman–Crippen MR) is 141 cm³/mol. The average Bonchev–Trinajstić information content (AvgIpc) is 2.90. The number of anilines is 2. The molecule has 36 heavy (non-hydrogen) atoms. The molecular weight excluding hydrogens is 458 g/mol. The lowest BCUT2D eigenvalue weighted by Gasteiger charge is -2.15. The van der Waals surface area contributed by atoms with Crippen molar-refractivity contribution in [2.75, 3.05) is 31.5 Å². The Morgan fingerprint density at radius 3 is 2.14 bits per heavy atom. The smallest absolute Gasteiger partial charge is 0.256 e. The average molecular weight is 488 g/mol. The topological polar surface area (TPSA) is 90.8 Å². The molecule has 4 aromatic rings. The van der Waals surface area contributed by atoms with Gasteiger partial charge in [0.15, 0.2) is 0 Å². The van der Waals surface area contributed by atoms with Gasteiger partial charge in [0.25, 0.3) is 5.56 Å². The van der Waals surface area contributed by atoms with Crippen LogP contribution in [0.15, 0.2) is 77.6 Å². The van der Waals surface area contributed by atoms with E-state index in [1.54, 1.807) is 44.6 Å². The first kappa shape index (κ1) is 24.7. The Balaban J connectivity index is 1.60. The first-order chi connectivity index (χ1) is 17.5. The Kier molecular flexibility index (Phi) is 7.75. The zero-order valence-electron chi connectivity index (χ0n) is 20.5. The number of pyridine rings is 1. The molecule has 1 aromatic heterocycles. The van der Waals surface area contributed by atoms with Crippen LogP contribution in [0.2, 0.25) is 0 Å². The molecule has 8 nitrogen and oxygen atoms in total. The number of ether oxygens (including phenoxy) is 3. The van der Waals surface area contributed by atoms with Crippen molar-refractivity contribution in [2.45, 2.75) is 20.0 Å². The van der Waals surface area contributed by atoms with Gasteiger partial charge in [0.1, 0.15) is 23.8 Å². The van der Waals surface area contributed by atoms with Gasteiger partial charge in [-0.05, 0) is 79.0 Å². The van der Waals surface area contributed by atoms with Gasteiger partial charge in [-0.3, -0.25) is 14.2 Å². The van der Waals surface area contributed by atoms with Gasteiger partial charge < -0.3 is 24.8 Å². The summed E-state index contributed by atoms with van der Waals surface area (Å²) in [6.45, 7) is 2.63. The highest BCUT2D eigenvalue weighted by atomic mass is 16.5. The summed E-state index contributed by atoms with van der Waals surface area (Å²) in [7, 11) is 3.18. The number of amides is 1. The van der Waals surface area contributed by atoms with Gasteiger partial charge in [-0.25, -0.2) is 0 Å². The molecule has 0 bridgehead atoms. The normalized spacial score (nSPS) is 10.6. The number of carbonyl (C=O) groups excluding carboxylic acids is 1. The summed E-state index contributed by atoms with van der Waals surface area (Å²) in [6, 6.07) is 21.9. The molecule has 0 saturated carbocycles. The number of carbonyl (C=O) groups is 1. The summed E-state index contributed by atoms with van der Waals surface area (Å²) in [6.07, 6.45) is 0. The summed E-state index contributed by atoms with van der Waals surface area (Å²) in [5, 5.41) is 6.96. The molecule has 186 valence electrons. The van der Waals surface area contributed by atoms with Crippen LogP contribution < -0.4 is 30.4 Å². The third-order valence-corrected chi connectivity index (χ3v) is 5.70. The van der Waals surface area contributed by atoms with Crippen LogP contribution in [0.5, 0.6) is 17.2 Å². The molecule has 2 N–H and O–H groups in total. The number of hydrogen-bond acceptors (Lipinski definition) is 6. The maximum atomic E-state index is 13.5. The number of nitrogens with one attached hydrogen (secondary N) is 2. The molecule has 0 aliphatic heterocycles. The number of fused-ring (bicyclic) bond motifs is 1. The predicted octanol–water partition coefficient (Wildman–Crippen LogP) is 4.67. The molecule has 4 rings (SSSR count). The minimum absolute atomic E-state index is 0.147. The minimum Gasteiger partial charge on any atom is -0.497 e. The van der Waals surface area contributed by atoms with E-state index in [0.29, 0.717) is 35.7 Å². The van der Waals surface area contributed by atoms with E-state index in [4.69, 9.17) is 14.2 Å². The number of benzene rings is 3. The third-order valence-electron chi connectivity index (χ3n) is 5.70. The van der Waals surface area contributed by atoms with E-state index >= 15 is 0 Å². The molecule has 0 fully saturated rings. The molecule has 0 radical (unpaired) electrons. The van der Waals surface area contributed by atoms with Crippen LogP contribution in [0, 0.1) is 0 Å². The van der Waals surface area contributed by atoms with Crippen molar-refractivity contribution >= 4 is 28.2 Å². The molecule has 0 spiro atoms. The molecule has 1 heterocycles. The number of aromatic nitrogens is 1. The van der Waals surface area contributed by atoms with Gasteiger partial charge >= 0.3 is 0 Å². The number of rotatable bonds is 10. The number of methoxy groups -OCH3 is 2. The van der Waals surface area contributed by atoms with E-state index in [-0.39, 0.29) is 18.0 Å². The lowest BCUT2D eigenvalue weighted by Crippen LogP contribution is -2.30. The van der Waals surface area contributed by atoms with E-state index in [1.165, 1.54) is 4.57 Å². The molecule has 0 unspecified atom stereocenters. The second-order valence-electron chi connectivity index (χ2n) is 8.07. The molecule has 1 amide bonds. The van der Waals surface area contributed by atoms with Crippen LogP contribution in [-0.4, -0.2) is 31.3 Å².